The maximum Gasteiger partial charge on any atom is 0.780 e. The van der Waals surface area contributed by atoms with Crippen molar-refractivity contribution in [3.63, 3.8) is 0 Å². The van der Waals surface area contributed by atoms with Gasteiger partial charge in [0.15, 0.2) is 5.92 Å². The first kappa shape index (κ1) is 12.5. The zero-order valence-electron chi connectivity index (χ0n) is 6.68. The van der Waals surface area contributed by atoms with E-state index in [1.54, 1.807) is 0 Å². The van der Waals surface area contributed by atoms with Crippen LogP contribution < -0.4 is 0 Å². The summed E-state index contributed by atoms with van der Waals surface area (Å²) in [6, 6.07) is 0. The van der Waals surface area contributed by atoms with E-state index in [2.05, 4.69) is 21.0 Å². The summed E-state index contributed by atoms with van der Waals surface area (Å²) in [5.41, 5.74) is 0. The van der Waals surface area contributed by atoms with Gasteiger partial charge in [0.1, 0.15) is 0 Å². The molecule has 6 nitrogen and oxygen atoms in total. The number of hydrogen-bond acceptors (Lipinski definition) is 5. The highest BCUT2D eigenvalue weighted by Gasteiger charge is 2.34. The van der Waals surface area contributed by atoms with Gasteiger partial charge in [-0.1, -0.05) is 15.1 Å². The zero-order valence-corrected chi connectivity index (χ0v) is 6.68. The molecule has 0 aromatic rings. The summed E-state index contributed by atoms with van der Waals surface area (Å²) in [7, 11) is -2.54. The van der Waals surface area contributed by atoms with Crippen molar-refractivity contribution in [1.82, 2.24) is 0 Å². The number of halogens is 2. The van der Waals surface area contributed by atoms with Crippen LogP contribution >= 0.6 is 0 Å². The van der Waals surface area contributed by atoms with Crippen molar-refractivity contribution in [2.45, 2.75) is 0 Å². The molecule has 78 valence electrons. The summed E-state index contributed by atoms with van der Waals surface area (Å²) in [6.45, 7) is 3.01. The van der Waals surface area contributed by atoms with Crippen molar-refractivity contribution in [3.8, 4) is 0 Å². The van der Waals surface area contributed by atoms with Crippen molar-refractivity contribution < 1.29 is 38.1 Å². The van der Waals surface area contributed by atoms with Gasteiger partial charge >= 0.3 is 19.3 Å². The van der Waals surface area contributed by atoms with E-state index < -0.39 is 25.2 Å². The Balaban J connectivity index is 4.30. The normalized spacial score (nSPS) is 11.6. The van der Waals surface area contributed by atoms with Gasteiger partial charge in [-0.25, -0.2) is 0 Å². The number of hydrogen-bond donors (Lipinski definition) is 1. The molecule has 0 radical (unpaired) electrons. The van der Waals surface area contributed by atoms with Gasteiger partial charge in [-0.3, -0.25) is 9.59 Å². The van der Waals surface area contributed by atoms with Crippen molar-refractivity contribution in [2.24, 2.45) is 5.92 Å². The van der Waals surface area contributed by atoms with E-state index >= 15 is 0 Å². The Morgan fingerprint density at radius 1 is 1.43 bits per heavy atom. The van der Waals surface area contributed by atoms with E-state index in [0.29, 0.717) is 0 Å². The van der Waals surface area contributed by atoms with E-state index in [9.17, 15) is 18.6 Å². The molecule has 0 rings (SSSR count). The van der Waals surface area contributed by atoms with Gasteiger partial charge in [-0.15, -0.1) is 6.58 Å². The fourth-order valence-electron chi connectivity index (χ4n) is 0.516. The number of aliphatic carboxylic acids is 1. The molecule has 0 aromatic carbocycles. The average molecular weight is 210 g/mol. The lowest BCUT2D eigenvalue weighted by molar-refractivity contribution is -0.167. The van der Waals surface area contributed by atoms with Gasteiger partial charge in [0.25, 0.3) is 0 Å². The fourth-order valence-corrected chi connectivity index (χ4v) is 0.516. The lowest BCUT2D eigenvalue weighted by atomic mass is 10.1. The molecule has 0 saturated carbocycles. The molecule has 9 heteroatoms. The topological polar surface area (TPSA) is 82.1 Å². The van der Waals surface area contributed by atoms with Gasteiger partial charge in [-0.2, -0.15) is 9.72 Å². The quantitative estimate of drug-likeness (QED) is 0.383. The van der Waals surface area contributed by atoms with E-state index in [1.165, 1.54) is 0 Å². The Labute approximate surface area is 77.0 Å². The third-order valence-corrected chi connectivity index (χ3v) is 1.11. The van der Waals surface area contributed by atoms with E-state index in [-0.39, 0.29) is 0 Å². The largest absolute Gasteiger partial charge is 0.780 e. The number of carboxylic acids is 1. The second-order valence-corrected chi connectivity index (χ2v) is 1.96. The van der Waals surface area contributed by atoms with Crippen molar-refractivity contribution in [2.75, 3.05) is 0 Å². The minimum absolute atomic E-state index is 0.720. The summed E-state index contributed by atoms with van der Waals surface area (Å²) in [5.74, 6) is -4.79. The minimum atomic E-state index is -2.54. The predicted octanol–water partition coefficient (Wildman–Crippen LogP) is 0.204. The summed E-state index contributed by atoms with van der Waals surface area (Å²) in [5, 5.41) is 8.36. The molecule has 0 spiro atoms. The molecule has 0 fully saturated rings. The molecule has 0 saturated heterocycles. The zero-order chi connectivity index (χ0) is 11.1. The summed E-state index contributed by atoms with van der Waals surface area (Å²) >= 11 is 0. The molecule has 0 aliphatic carbocycles. The molecule has 0 aromatic heterocycles. The van der Waals surface area contributed by atoms with Crippen LogP contribution in [0.25, 0.3) is 0 Å². The lowest BCUT2D eigenvalue weighted by Gasteiger charge is -2.07. The van der Waals surface area contributed by atoms with Crippen LogP contribution in [0.4, 0.5) is 9.05 Å². The molecule has 14 heavy (non-hydrogen) atoms. The van der Waals surface area contributed by atoms with Crippen molar-refractivity contribution in [3.05, 3.63) is 12.7 Å². The maximum absolute atomic E-state index is 11.3. The fraction of sp³-hybridized carbons (Fsp3) is 0.200. The van der Waals surface area contributed by atoms with Gasteiger partial charge in [0.2, 0.25) is 0 Å². The monoisotopic (exact) mass is 210 g/mol. The van der Waals surface area contributed by atoms with E-state index in [0.717, 1.165) is 6.08 Å². The van der Waals surface area contributed by atoms with Gasteiger partial charge < -0.3 is 9.76 Å². The smallest absolute Gasteiger partial charge is 0.481 e. The third-order valence-electron chi connectivity index (χ3n) is 1.11. The number of carboxylic acid groups (broad SMARTS) is 1. The third kappa shape index (κ3) is 3.50. The van der Waals surface area contributed by atoms with Crippen LogP contribution in [0, 0.1) is 5.92 Å². The molecule has 1 atom stereocenters. The maximum atomic E-state index is 11.3. The highest BCUT2D eigenvalue weighted by atomic mass is 19.3. The molecule has 1 unspecified atom stereocenters. The molecule has 0 amide bonds. The predicted molar refractivity (Wildman–Crippen MR) is 37.6 cm³/mol. The van der Waals surface area contributed by atoms with Crippen LogP contribution in [0.15, 0.2) is 12.7 Å². The molecule has 0 bridgehead atoms. The lowest BCUT2D eigenvalue weighted by Crippen LogP contribution is -2.31. The average Bonchev–Trinajstić information content (AvgIpc) is 2.14. The van der Waals surface area contributed by atoms with Crippen LogP contribution in [0.2, 0.25) is 0 Å². The second kappa shape index (κ2) is 6.05. The Bertz CT molecular complexity index is 230. The second-order valence-electron chi connectivity index (χ2n) is 1.96. The SMILES string of the molecule is C=CC(C(=O)O)C(=O)OB(OF)OF. The van der Waals surface area contributed by atoms with Crippen LogP contribution in [0.1, 0.15) is 0 Å². The number of carbonyl (C=O) groups excluding carboxylic acids is 1. The summed E-state index contributed by atoms with van der Waals surface area (Å²) in [6.07, 6.45) is 0.720. The van der Waals surface area contributed by atoms with Crippen LogP contribution in [0.3, 0.4) is 0 Å². The first-order chi connectivity index (χ1) is 6.56. The van der Waals surface area contributed by atoms with Crippen LogP contribution in [-0.2, 0) is 24.0 Å². The van der Waals surface area contributed by atoms with Crippen LogP contribution in [-0.4, -0.2) is 24.4 Å². The standard InChI is InChI=1S/C5H5BF2O6/c1-2-3(4(9)10)5(11)12-6(13-7)14-8/h2-3H,1H2,(H,9,10). The Hall–Kier alpha value is -1.48. The van der Waals surface area contributed by atoms with Gasteiger partial charge in [0, 0.05) is 0 Å². The highest BCUT2D eigenvalue weighted by Crippen LogP contribution is 2.04. The first-order valence-corrected chi connectivity index (χ1v) is 3.17. The number of carbonyl (C=O) groups is 2. The Kier molecular flexibility index (Phi) is 5.41. The van der Waals surface area contributed by atoms with Crippen molar-refractivity contribution in [1.29, 1.82) is 0 Å². The Morgan fingerprint density at radius 2 is 1.93 bits per heavy atom. The molecule has 0 heterocycles. The van der Waals surface area contributed by atoms with Gasteiger partial charge in [-0.05, 0) is 0 Å². The molecular weight excluding hydrogens is 205 g/mol. The van der Waals surface area contributed by atoms with Crippen molar-refractivity contribution >= 4 is 19.3 Å². The van der Waals surface area contributed by atoms with Crippen LogP contribution in [0.5, 0.6) is 0 Å². The summed E-state index contributed by atoms with van der Waals surface area (Å²) < 4.78 is 26.3. The van der Waals surface area contributed by atoms with E-state index in [1.807, 2.05) is 0 Å². The Morgan fingerprint density at radius 3 is 2.21 bits per heavy atom. The highest BCUT2D eigenvalue weighted by molar-refractivity contribution is 6.38. The molecule has 1 N–H and O–H groups in total. The number of rotatable bonds is 6. The first-order valence-electron chi connectivity index (χ1n) is 3.17. The minimum Gasteiger partial charge on any atom is -0.481 e. The summed E-state index contributed by atoms with van der Waals surface area (Å²) in [4.78, 5) is 26.4. The van der Waals surface area contributed by atoms with Gasteiger partial charge in [0.05, 0.1) is 0 Å². The molecular formula is C5H5BF2O6. The van der Waals surface area contributed by atoms with E-state index in [4.69, 9.17) is 5.11 Å². The molecule has 0 aliphatic heterocycles. The molecule has 0 aliphatic rings.